The third-order valence-electron chi connectivity index (χ3n) is 4.05. The van der Waals surface area contributed by atoms with Crippen molar-refractivity contribution in [1.82, 2.24) is 24.4 Å². The Bertz CT molecular complexity index is 1100. The van der Waals surface area contributed by atoms with Crippen molar-refractivity contribution in [3.05, 3.63) is 73.4 Å². The first-order valence-corrected chi connectivity index (χ1v) is 7.76. The summed E-state index contributed by atoms with van der Waals surface area (Å²) in [5.74, 6) is 1.17. The first-order valence-electron chi connectivity index (χ1n) is 7.76. The Balaban J connectivity index is 1.59. The van der Waals surface area contributed by atoms with Crippen LogP contribution < -0.4 is 0 Å². The molecular formula is C18H13N5O2. The average Bonchev–Trinajstić information content (AvgIpc) is 3.48. The van der Waals surface area contributed by atoms with Gasteiger partial charge in [-0.05, 0) is 30.3 Å². The molecule has 5 heterocycles. The Hall–Kier alpha value is -3.74. The first kappa shape index (κ1) is 13.7. The van der Waals surface area contributed by atoms with Gasteiger partial charge in [0.15, 0.2) is 11.5 Å². The largest absolute Gasteiger partial charge is 0.366 e. The molecule has 0 atom stereocenters. The SMILES string of the molecule is c1cc(-c2cccn2-c2cc(-c3ccno3)no2)n(-c2cc[nH]c2)c1. The number of hydrogen-bond donors (Lipinski definition) is 1. The molecule has 0 aliphatic rings. The predicted octanol–water partition coefficient (Wildman–Crippen LogP) is 3.91. The summed E-state index contributed by atoms with van der Waals surface area (Å²) in [6.45, 7) is 0. The second-order valence-electron chi connectivity index (χ2n) is 5.52. The highest BCUT2D eigenvalue weighted by Gasteiger charge is 2.16. The van der Waals surface area contributed by atoms with E-state index in [1.54, 1.807) is 12.3 Å². The molecule has 25 heavy (non-hydrogen) atoms. The van der Waals surface area contributed by atoms with Crippen molar-refractivity contribution in [3.8, 4) is 34.4 Å². The smallest absolute Gasteiger partial charge is 0.236 e. The molecule has 0 bridgehead atoms. The predicted molar refractivity (Wildman–Crippen MR) is 90.4 cm³/mol. The molecule has 7 heteroatoms. The van der Waals surface area contributed by atoms with Crippen LogP contribution in [0, 0.1) is 0 Å². The van der Waals surface area contributed by atoms with Gasteiger partial charge in [0.1, 0.15) is 0 Å². The molecule has 0 amide bonds. The van der Waals surface area contributed by atoms with E-state index in [0.29, 0.717) is 17.3 Å². The lowest BCUT2D eigenvalue weighted by Gasteiger charge is -2.09. The van der Waals surface area contributed by atoms with E-state index < -0.39 is 0 Å². The van der Waals surface area contributed by atoms with Gasteiger partial charge in [-0.3, -0.25) is 4.57 Å². The Labute approximate surface area is 142 Å². The van der Waals surface area contributed by atoms with Crippen LogP contribution >= 0.6 is 0 Å². The van der Waals surface area contributed by atoms with Gasteiger partial charge in [0.2, 0.25) is 5.88 Å². The lowest BCUT2D eigenvalue weighted by atomic mass is 10.3. The van der Waals surface area contributed by atoms with Gasteiger partial charge in [-0.25, -0.2) is 0 Å². The average molecular weight is 331 g/mol. The molecule has 122 valence electrons. The Morgan fingerprint density at radius 2 is 1.76 bits per heavy atom. The van der Waals surface area contributed by atoms with Gasteiger partial charge >= 0.3 is 0 Å². The van der Waals surface area contributed by atoms with E-state index in [1.165, 1.54) is 0 Å². The Morgan fingerprint density at radius 1 is 0.920 bits per heavy atom. The maximum absolute atomic E-state index is 5.51. The molecule has 7 nitrogen and oxygen atoms in total. The van der Waals surface area contributed by atoms with Crippen LogP contribution in [0.5, 0.6) is 0 Å². The summed E-state index contributed by atoms with van der Waals surface area (Å²) in [7, 11) is 0. The van der Waals surface area contributed by atoms with Crippen molar-refractivity contribution >= 4 is 0 Å². The van der Waals surface area contributed by atoms with Gasteiger partial charge in [0.25, 0.3) is 0 Å². The second-order valence-corrected chi connectivity index (χ2v) is 5.52. The van der Waals surface area contributed by atoms with Gasteiger partial charge in [-0.1, -0.05) is 10.3 Å². The van der Waals surface area contributed by atoms with Crippen molar-refractivity contribution < 1.29 is 9.05 Å². The van der Waals surface area contributed by atoms with Crippen LogP contribution in [0.2, 0.25) is 0 Å². The Morgan fingerprint density at radius 3 is 2.52 bits per heavy atom. The van der Waals surface area contributed by atoms with Crippen LogP contribution in [-0.2, 0) is 0 Å². The van der Waals surface area contributed by atoms with Crippen LogP contribution in [0.3, 0.4) is 0 Å². The van der Waals surface area contributed by atoms with Crippen LogP contribution in [0.4, 0.5) is 0 Å². The van der Waals surface area contributed by atoms with E-state index in [0.717, 1.165) is 17.1 Å². The van der Waals surface area contributed by atoms with Gasteiger partial charge in [-0.15, -0.1) is 0 Å². The molecule has 5 aromatic rings. The highest BCUT2D eigenvalue weighted by Crippen LogP contribution is 2.28. The van der Waals surface area contributed by atoms with Crippen molar-refractivity contribution in [2.24, 2.45) is 0 Å². The van der Waals surface area contributed by atoms with Crippen molar-refractivity contribution in [3.63, 3.8) is 0 Å². The van der Waals surface area contributed by atoms with Crippen LogP contribution in [0.1, 0.15) is 0 Å². The fourth-order valence-electron chi connectivity index (χ4n) is 2.90. The van der Waals surface area contributed by atoms with E-state index >= 15 is 0 Å². The number of rotatable bonds is 4. The van der Waals surface area contributed by atoms with E-state index in [9.17, 15) is 0 Å². The minimum atomic E-state index is 0.569. The maximum Gasteiger partial charge on any atom is 0.236 e. The quantitative estimate of drug-likeness (QED) is 0.542. The van der Waals surface area contributed by atoms with E-state index in [1.807, 2.05) is 59.7 Å². The van der Waals surface area contributed by atoms with Crippen LogP contribution in [0.25, 0.3) is 34.4 Å². The third-order valence-corrected chi connectivity index (χ3v) is 4.05. The highest BCUT2D eigenvalue weighted by molar-refractivity contribution is 5.63. The summed E-state index contributed by atoms with van der Waals surface area (Å²) in [5, 5.41) is 7.77. The van der Waals surface area contributed by atoms with Gasteiger partial charge in [0.05, 0.1) is 23.3 Å². The van der Waals surface area contributed by atoms with Crippen molar-refractivity contribution in [1.29, 1.82) is 0 Å². The van der Waals surface area contributed by atoms with Crippen molar-refractivity contribution in [2.75, 3.05) is 0 Å². The molecule has 1 N–H and O–H groups in total. The van der Waals surface area contributed by atoms with Gasteiger partial charge in [-0.2, -0.15) is 0 Å². The molecule has 0 radical (unpaired) electrons. The van der Waals surface area contributed by atoms with Crippen LogP contribution in [-0.4, -0.2) is 24.4 Å². The second kappa shape index (κ2) is 5.41. The summed E-state index contributed by atoms with van der Waals surface area (Å²) in [5.41, 5.74) is 3.70. The molecule has 0 saturated heterocycles. The molecule has 0 fully saturated rings. The number of nitrogens with one attached hydrogen (secondary N) is 1. The molecule has 0 aliphatic carbocycles. The lowest BCUT2D eigenvalue weighted by Crippen LogP contribution is -1.98. The zero-order valence-corrected chi connectivity index (χ0v) is 13.0. The molecule has 0 spiro atoms. The standard InChI is InChI=1S/C18H13N5O2/c1-3-15(22(9-1)13-5-7-19-12-13)16-4-2-10-23(16)18-11-14(21-25-18)17-6-8-20-24-17/h1-12,19H. The minimum absolute atomic E-state index is 0.569. The molecule has 0 aromatic carbocycles. The molecule has 0 saturated carbocycles. The zero-order valence-electron chi connectivity index (χ0n) is 13.0. The summed E-state index contributed by atoms with van der Waals surface area (Å²) in [6, 6.07) is 13.7. The number of hydrogen-bond acceptors (Lipinski definition) is 4. The van der Waals surface area contributed by atoms with Gasteiger partial charge in [0, 0.05) is 36.9 Å². The summed E-state index contributed by atoms with van der Waals surface area (Å²) < 4.78 is 14.7. The fourth-order valence-corrected chi connectivity index (χ4v) is 2.90. The summed E-state index contributed by atoms with van der Waals surface area (Å²) >= 11 is 0. The summed E-state index contributed by atoms with van der Waals surface area (Å²) in [4.78, 5) is 3.08. The van der Waals surface area contributed by atoms with Gasteiger partial charge < -0.3 is 18.6 Å². The number of aromatic nitrogens is 5. The topological polar surface area (TPSA) is 77.7 Å². The highest BCUT2D eigenvalue weighted by atomic mass is 16.5. The molecule has 0 unspecified atom stereocenters. The Kier molecular flexibility index (Phi) is 2.96. The van der Waals surface area contributed by atoms with E-state index in [2.05, 4.69) is 25.9 Å². The zero-order chi connectivity index (χ0) is 16.6. The van der Waals surface area contributed by atoms with E-state index in [4.69, 9.17) is 9.05 Å². The lowest BCUT2D eigenvalue weighted by molar-refractivity contribution is 0.398. The number of aromatic amines is 1. The molecular weight excluding hydrogens is 318 g/mol. The normalized spacial score (nSPS) is 11.2. The summed E-state index contributed by atoms with van der Waals surface area (Å²) in [6.07, 6.45) is 9.39. The monoisotopic (exact) mass is 331 g/mol. The molecule has 5 rings (SSSR count). The fraction of sp³-hybridized carbons (Fsp3) is 0. The van der Waals surface area contributed by atoms with Crippen LogP contribution in [0.15, 0.2) is 82.5 Å². The van der Waals surface area contributed by atoms with E-state index in [-0.39, 0.29) is 0 Å². The third kappa shape index (κ3) is 2.21. The van der Waals surface area contributed by atoms with Crippen molar-refractivity contribution in [2.45, 2.75) is 0 Å². The minimum Gasteiger partial charge on any atom is -0.366 e. The molecule has 5 aromatic heterocycles. The molecule has 0 aliphatic heterocycles. The first-order chi connectivity index (χ1) is 12.4. The number of nitrogens with zero attached hydrogens (tertiary/aromatic N) is 4. The number of H-pyrrole nitrogens is 1. The maximum atomic E-state index is 5.51.